The standard InChI is InChI=1S/C18H27N3O2S/c1-13-6-8-15(9-7-13)20-17(22)12-24-14(2)18(23)21-10-4-3-5-16(21)11-19/h6-9,14,16H,3-5,10-12,19H2,1-2H3,(H,20,22). The number of carbonyl (C=O) groups excluding carboxylic acids is 2. The normalized spacial score (nSPS) is 19.0. The van der Waals surface area contributed by atoms with Gasteiger partial charge in [-0.3, -0.25) is 9.59 Å². The molecule has 2 atom stereocenters. The summed E-state index contributed by atoms with van der Waals surface area (Å²) in [6.45, 7) is 5.16. The molecule has 1 fully saturated rings. The molecule has 2 amide bonds. The Morgan fingerprint density at radius 2 is 2.04 bits per heavy atom. The van der Waals surface area contributed by atoms with E-state index in [1.807, 2.05) is 43.0 Å². The molecule has 3 N–H and O–H groups in total. The van der Waals surface area contributed by atoms with Crippen molar-refractivity contribution in [1.82, 2.24) is 4.90 Å². The molecule has 5 nitrogen and oxygen atoms in total. The molecule has 1 aliphatic heterocycles. The molecular formula is C18H27N3O2S. The van der Waals surface area contributed by atoms with Crippen molar-refractivity contribution in [3.63, 3.8) is 0 Å². The maximum Gasteiger partial charge on any atom is 0.235 e. The lowest BCUT2D eigenvalue weighted by Gasteiger charge is -2.36. The Morgan fingerprint density at radius 3 is 2.71 bits per heavy atom. The zero-order valence-electron chi connectivity index (χ0n) is 14.5. The van der Waals surface area contributed by atoms with Gasteiger partial charge in [-0.25, -0.2) is 0 Å². The summed E-state index contributed by atoms with van der Waals surface area (Å²) < 4.78 is 0. The maximum absolute atomic E-state index is 12.6. The highest BCUT2D eigenvalue weighted by atomic mass is 32.2. The summed E-state index contributed by atoms with van der Waals surface area (Å²) in [6.07, 6.45) is 3.15. The van der Waals surface area contributed by atoms with Crippen LogP contribution in [0.1, 0.15) is 31.7 Å². The Balaban J connectivity index is 1.80. The van der Waals surface area contributed by atoms with E-state index in [-0.39, 0.29) is 28.9 Å². The first kappa shape index (κ1) is 18.8. The molecule has 0 spiro atoms. The summed E-state index contributed by atoms with van der Waals surface area (Å²) in [7, 11) is 0. The van der Waals surface area contributed by atoms with Crippen molar-refractivity contribution in [2.45, 2.75) is 44.4 Å². The first-order valence-corrected chi connectivity index (χ1v) is 9.55. The van der Waals surface area contributed by atoms with Crippen LogP contribution in [0.4, 0.5) is 5.69 Å². The molecule has 1 aromatic rings. The number of aryl methyl sites for hydroxylation is 1. The van der Waals surface area contributed by atoms with Crippen LogP contribution >= 0.6 is 11.8 Å². The topological polar surface area (TPSA) is 75.4 Å². The first-order chi connectivity index (χ1) is 11.5. The van der Waals surface area contributed by atoms with Crippen LogP contribution in [0.25, 0.3) is 0 Å². The van der Waals surface area contributed by atoms with Crippen LogP contribution in [0.2, 0.25) is 0 Å². The van der Waals surface area contributed by atoms with Crippen LogP contribution in [-0.2, 0) is 9.59 Å². The van der Waals surface area contributed by atoms with E-state index in [2.05, 4.69) is 5.32 Å². The van der Waals surface area contributed by atoms with Crippen LogP contribution in [0.5, 0.6) is 0 Å². The van der Waals surface area contributed by atoms with Crippen molar-refractivity contribution < 1.29 is 9.59 Å². The average Bonchev–Trinajstić information content (AvgIpc) is 2.61. The lowest BCUT2D eigenvalue weighted by Crippen LogP contribution is -2.50. The molecule has 2 unspecified atom stereocenters. The molecule has 0 bridgehead atoms. The van der Waals surface area contributed by atoms with Gasteiger partial charge in [0, 0.05) is 24.8 Å². The molecule has 2 rings (SSSR count). The fourth-order valence-corrected chi connectivity index (χ4v) is 3.63. The summed E-state index contributed by atoms with van der Waals surface area (Å²) in [4.78, 5) is 26.5. The van der Waals surface area contributed by atoms with Crippen LogP contribution < -0.4 is 11.1 Å². The molecule has 0 saturated carbocycles. The molecular weight excluding hydrogens is 322 g/mol. The largest absolute Gasteiger partial charge is 0.337 e. The molecule has 132 valence electrons. The molecule has 0 radical (unpaired) electrons. The first-order valence-electron chi connectivity index (χ1n) is 8.50. The number of nitrogens with two attached hydrogens (primary N) is 1. The van der Waals surface area contributed by atoms with E-state index in [1.165, 1.54) is 11.8 Å². The second kappa shape index (κ2) is 9.08. The van der Waals surface area contributed by atoms with E-state index in [1.54, 1.807) is 0 Å². The minimum atomic E-state index is -0.235. The van der Waals surface area contributed by atoms with Crippen molar-refractivity contribution in [3.8, 4) is 0 Å². The Bertz CT molecular complexity index is 562. The number of nitrogens with zero attached hydrogens (tertiary/aromatic N) is 1. The molecule has 6 heteroatoms. The van der Waals surface area contributed by atoms with E-state index in [0.29, 0.717) is 6.54 Å². The van der Waals surface area contributed by atoms with Gasteiger partial charge < -0.3 is 16.0 Å². The van der Waals surface area contributed by atoms with Crippen LogP contribution in [0.15, 0.2) is 24.3 Å². The maximum atomic E-state index is 12.6. The monoisotopic (exact) mass is 349 g/mol. The van der Waals surface area contributed by atoms with Gasteiger partial charge >= 0.3 is 0 Å². The third-order valence-corrected chi connectivity index (χ3v) is 5.46. The van der Waals surface area contributed by atoms with Gasteiger partial charge in [-0.05, 0) is 45.2 Å². The third kappa shape index (κ3) is 5.24. The Kier molecular flexibility index (Phi) is 7.12. The lowest BCUT2D eigenvalue weighted by atomic mass is 10.0. The molecule has 1 saturated heterocycles. The van der Waals surface area contributed by atoms with E-state index >= 15 is 0 Å². The predicted molar refractivity (Wildman–Crippen MR) is 100 cm³/mol. The van der Waals surface area contributed by atoms with Crippen molar-refractivity contribution in [1.29, 1.82) is 0 Å². The molecule has 0 aliphatic carbocycles. The number of carbonyl (C=O) groups is 2. The summed E-state index contributed by atoms with van der Waals surface area (Å²) >= 11 is 1.38. The molecule has 24 heavy (non-hydrogen) atoms. The van der Waals surface area contributed by atoms with E-state index in [4.69, 9.17) is 5.73 Å². The second-order valence-corrected chi connectivity index (χ2v) is 7.61. The number of benzene rings is 1. The number of hydrogen-bond acceptors (Lipinski definition) is 4. The Hall–Kier alpha value is -1.53. The average molecular weight is 350 g/mol. The molecule has 1 heterocycles. The van der Waals surface area contributed by atoms with Gasteiger partial charge in [0.15, 0.2) is 0 Å². The SMILES string of the molecule is Cc1ccc(NC(=O)CSC(C)C(=O)N2CCCCC2CN)cc1. The Morgan fingerprint density at radius 1 is 1.33 bits per heavy atom. The number of piperidine rings is 1. The second-order valence-electron chi connectivity index (χ2n) is 6.28. The number of amides is 2. The fourth-order valence-electron chi connectivity index (χ4n) is 2.88. The summed E-state index contributed by atoms with van der Waals surface area (Å²) in [5, 5.41) is 2.62. The van der Waals surface area contributed by atoms with Crippen LogP contribution in [-0.4, -0.2) is 46.8 Å². The zero-order valence-corrected chi connectivity index (χ0v) is 15.3. The highest BCUT2D eigenvalue weighted by Gasteiger charge is 2.29. The number of likely N-dealkylation sites (tertiary alicyclic amines) is 1. The number of thioether (sulfide) groups is 1. The smallest absolute Gasteiger partial charge is 0.235 e. The fraction of sp³-hybridized carbons (Fsp3) is 0.556. The summed E-state index contributed by atoms with van der Waals surface area (Å²) in [5.41, 5.74) is 7.72. The quantitative estimate of drug-likeness (QED) is 0.827. The minimum absolute atomic E-state index is 0.0856. The molecule has 0 aromatic heterocycles. The van der Waals surface area contributed by atoms with Crippen LogP contribution in [0, 0.1) is 6.92 Å². The molecule has 1 aliphatic rings. The van der Waals surface area contributed by atoms with Crippen molar-refractivity contribution in [2.24, 2.45) is 5.73 Å². The van der Waals surface area contributed by atoms with Gasteiger partial charge in [-0.15, -0.1) is 11.8 Å². The summed E-state index contributed by atoms with van der Waals surface area (Å²) in [6, 6.07) is 7.82. The molecule has 1 aromatic carbocycles. The van der Waals surface area contributed by atoms with Gasteiger partial charge in [0.25, 0.3) is 0 Å². The van der Waals surface area contributed by atoms with Gasteiger partial charge in [-0.2, -0.15) is 0 Å². The lowest BCUT2D eigenvalue weighted by molar-refractivity contribution is -0.133. The van der Waals surface area contributed by atoms with Gasteiger partial charge in [-0.1, -0.05) is 17.7 Å². The van der Waals surface area contributed by atoms with Crippen LogP contribution in [0.3, 0.4) is 0 Å². The number of hydrogen-bond donors (Lipinski definition) is 2. The number of nitrogens with one attached hydrogen (secondary N) is 1. The van der Waals surface area contributed by atoms with Gasteiger partial charge in [0.1, 0.15) is 0 Å². The van der Waals surface area contributed by atoms with Crippen molar-refractivity contribution in [2.75, 3.05) is 24.2 Å². The summed E-state index contributed by atoms with van der Waals surface area (Å²) in [5.74, 6) is 0.276. The van der Waals surface area contributed by atoms with E-state index < -0.39 is 0 Å². The van der Waals surface area contributed by atoms with E-state index in [0.717, 1.165) is 37.1 Å². The number of rotatable bonds is 6. The van der Waals surface area contributed by atoms with Gasteiger partial charge in [0.2, 0.25) is 11.8 Å². The predicted octanol–water partition coefficient (Wildman–Crippen LogP) is 2.40. The van der Waals surface area contributed by atoms with Crippen molar-refractivity contribution >= 4 is 29.3 Å². The Labute approximate surface area is 148 Å². The van der Waals surface area contributed by atoms with Crippen molar-refractivity contribution in [3.05, 3.63) is 29.8 Å². The van der Waals surface area contributed by atoms with E-state index in [9.17, 15) is 9.59 Å². The zero-order chi connectivity index (χ0) is 17.5. The number of anilines is 1. The highest BCUT2D eigenvalue weighted by molar-refractivity contribution is 8.01. The minimum Gasteiger partial charge on any atom is -0.337 e. The van der Waals surface area contributed by atoms with Gasteiger partial charge in [0.05, 0.1) is 11.0 Å². The highest BCUT2D eigenvalue weighted by Crippen LogP contribution is 2.21. The third-order valence-electron chi connectivity index (χ3n) is 4.33.